The van der Waals surface area contributed by atoms with E-state index in [1.165, 1.54) is 20.5 Å². The van der Waals surface area contributed by atoms with Gasteiger partial charge in [-0.15, -0.1) is 16.4 Å². The number of rotatable bonds is 3. The highest BCUT2D eigenvalue weighted by Gasteiger charge is 2.20. The van der Waals surface area contributed by atoms with Crippen molar-refractivity contribution in [1.82, 2.24) is 14.6 Å². The number of nitrogens with zero attached hydrogens (tertiary/aromatic N) is 3. The maximum atomic E-state index is 9.69. The molecule has 5 rings (SSSR count). The normalized spacial score (nSPS) is 20.4. The van der Waals surface area contributed by atoms with Gasteiger partial charge in [0.2, 0.25) is 0 Å². The quantitative estimate of drug-likeness (QED) is 0.545. The number of hydrogen-bond donors (Lipinski definition) is 2. The highest BCUT2D eigenvalue weighted by Crippen LogP contribution is 2.35. The lowest BCUT2D eigenvalue weighted by atomic mass is 9.93. The van der Waals surface area contributed by atoms with E-state index in [0.717, 1.165) is 42.8 Å². The fourth-order valence-electron chi connectivity index (χ4n) is 3.88. The Morgan fingerprint density at radius 2 is 2.00 bits per heavy atom. The number of anilines is 1. The molecule has 27 heavy (non-hydrogen) atoms. The largest absolute Gasteiger partial charge is 0.393 e. The van der Waals surface area contributed by atoms with Crippen molar-refractivity contribution in [2.24, 2.45) is 0 Å². The van der Waals surface area contributed by atoms with Crippen LogP contribution in [0.3, 0.4) is 0 Å². The van der Waals surface area contributed by atoms with Crippen LogP contribution in [0.5, 0.6) is 0 Å². The van der Waals surface area contributed by atoms with Crippen molar-refractivity contribution < 1.29 is 5.11 Å². The number of aliphatic hydroxyl groups is 1. The van der Waals surface area contributed by atoms with Gasteiger partial charge in [-0.05, 0) is 61.8 Å². The molecule has 1 aromatic carbocycles. The van der Waals surface area contributed by atoms with E-state index < -0.39 is 0 Å². The van der Waals surface area contributed by atoms with Crippen molar-refractivity contribution in [3.05, 3.63) is 48.2 Å². The molecule has 5 nitrogen and oxygen atoms in total. The van der Waals surface area contributed by atoms with Gasteiger partial charge >= 0.3 is 0 Å². The standard InChI is InChI=1S/C21H22N4OS/c1-13-3-2-4-14-11-18(27-21(13)14)17-12-22-20-10-9-19(24-25(17)20)23-15-5-7-16(26)8-6-15/h2-4,9-12,15-16,26H,5-8H2,1H3,(H,23,24)/t15-,16-. The van der Waals surface area contributed by atoms with Crippen LogP contribution in [0.4, 0.5) is 5.82 Å². The van der Waals surface area contributed by atoms with Gasteiger partial charge in [0, 0.05) is 10.7 Å². The minimum atomic E-state index is -0.143. The molecule has 0 saturated heterocycles. The number of thiophene rings is 1. The molecule has 6 heteroatoms. The van der Waals surface area contributed by atoms with E-state index in [4.69, 9.17) is 5.10 Å². The monoisotopic (exact) mass is 378 g/mol. The van der Waals surface area contributed by atoms with Crippen molar-refractivity contribution in [3.63, 3.8) is 0 Å². The lowest BCUT2D eigenvalue weighted by Crippen LogP contribution is -2.28. The minimum absolute atomic E-state index is 0.143. The summed E-state index contributed by atoms with van der Waals surface area (Å²) in [6.45, 7) is 2.15. The zero-order chi connectivity index (χ0) is 18.4. The van der Waals surface area contributed by atoms with E-state index in [1.807, 2.05) is 22.8 Å². The van der Waals surface area contributed by atoms with Crippen molar-refractivity contribution in [1.29, 1.82) is 0 Å². The number of benzene rings is 1. The molecule has 1 saturated carbocycles. The number of nitrogens with one attached hydrogen (secondary N) is 1. The van der Waals surface area contributed by atoms with Crippen LogP contribution in [0, 0.1) is 6.92 Å². The fourth-order valence-corrected chi connectivity index (χ4v) is 5.01. The van der Waals surface area contributed by atoms with Crippen LogP contribution in [0.2, 0.25) is 0 Å². The van der Waals surface area contributed by atoms with Gasteiger partial charge in [-0.2, -0.15) is 0 Å². The first kappa shape index (κ1) is 16.7. The van der Waals surface area contributed by atoms with E-state index in [9.17, 15) is 5.11 Å². The second-order valence-electron chi connectivity index (χ2n) is 7.39. The highest BCUT2D eigenvalue weighted by molar-refractivity contribution is 7.22. The molecule has 0 radical (unpaired) electrons. The number of aromatic nitrogens is 3. The van der Waals surface area contributed by atoms with E-state index in [2.05, 4.69) is 41.5 Å². The molecule has 0 spiro atoms. The summed E-state index contributed by atoms with van der Waals surface area (Å²) in [4.78, 5) is 5.71. The smallest absolute Gasteiger partial charge is 0.154 e. The van der Waals surface area contributed by atoms with Crippen LogP contribution < -0.4 is 5.32 Å². The molecule has 2 N–H and O–H groups in total. The molecule has 0 atom stereocenters. The first-order chi connectivity index (χ1) is 13.2. The number of imidazole rings is 1. The van der Waals surface area contributed by atoms with Crippen LogP contribution in [-0.4, -0.2) is 31.9 Å². The molecule has 0 bridgehead atoms. The lowest BCUT2D eigenvalue weighted by molar-refractivity contribution is 0.126. The number of hydrogen-bond acceptors (Lipinski definition) is 5. The van der Waals surface area contributed by atoms with Gasteiger partial charge in [0.15, 0.2) is 5.65 Å². The first-order valence-corrected chi connectivity index (χ1v) is 10.3. The molecule has 4 aromatic rings. The summed E-state index contributed by atoms with van der Waals surface area (Å²) >= 11 is 1.79. The Morgan fingerprint density at radius 1 is 1.15 bits per heavy atom. The summed E-state index contributed by atoms with van der Waals surface area (Å²) in [5.41, 5.74) is 3.17. The van der Waals surface area contributed by atoms with Crippen molar-refractivity contribution >= 4 is 32.9 Å². The van der Waals surface area contributed by atoms with Gasteiger partial charge < -0.3 is 10.4 Å². The van der Waals surface area contributed by atoms with E-state index in [0.29, 0.717) is 6.04 Å². The van der Waals surface area contributed by atoms with Crippen LogP contribution >= 0.6 is 11.3 Å². The zero-order valence-corrected chi connectivity index (χ0v) is 16.0. The Kier molecular flexibility index (Phi) is 4.10. The van der Waals surface area contributed by atoms with Crippen molar-refractivity contribution in [2.45, 2.75) is 44.8 Å². The Labute approximate surface area is 161 Å². The third kappa shape index (κ3) is 3.09. The zero-order valence-electron chi connectivity index (χ0n) is 15.2. The molecule has 1 aliphatic carbocycles. The summed E-state index contributed by atoms with van der Waals surface area (Å²) < 4.78 is 3.25. The molecular formula is C21H22N4OS. The maximum absolute atomic E-state index is 9.69. The molecule has 3 aromatic heterocycles. The van der Waals surface area contributed by atoms with Gasteiger partial charge in [-0.3, -0.25) is 0 Å². The third-order valence-electron chi connectivity index (χ3n) is 5.40. The summed E-state index contributed by atoms with van der Waals surface area (Å²) in [6, 6.07) is 13.0. The van der Waals surface area contributed by atoms with Crippen molar-refractivity contribution in [2.75, 3.05) is 5.32 Å². The Bertz CT molecular complexity index is 1110. The van der Waals surface area contributed by atoms with Crippen molar-refractivity contribution in [3.8, 4) is 10.6 Å². The van der Waals surface area contributed by atoms with Gasteiger partial charge in [-0.1, -0.05) is 18.2 Å². The second-order valence-corrected chi connectivity index (χ2v) is 8.44. The van der Waals surface area contributed by atoms with E-state index in [-0.39, 0.29) is 6.10 Å². The highest BCUT2D eigenvalue weighted by atomic mass is 32.1. The van der Waals surface area contributed by atoms with Gasteiger partial charge in [0.1, 0.15) is 11.5 Å². The molecule has 138 valence electrons. The van der Waals surface area contributed by atoms with Crippen LogP contribution in [-0.2, 0) is 0 Å². The van der Waals surface area contributed by atoms with E-state index >= 15 is 0 Å². The number of aliphatic hydroxyl groups excluding tert-OH is 1. The molecule has 0 amide bonds. The van der Waals surface area contributed by atoms with Gasteiger partial charge in [-0.25, -0.2) is 9.50 Å². The summed E-state index contributed by atoms with van der Waals surface area (Å²) in [7, 11) is 0. The first-order valence-electron chi connectivity index (χ1n) is 9.46. The lowest BCUT2D eigenvalue weighted by Gasteiger charge is -2.26. The summed E-state index contributed by atoms with van der Waals surface area (Å²) in [5.74, 6) is 0.862. The number of aryl methyl sites for hydroxylation is 1. The Morgan fingerprint density at radius 3 is 2.81 bits per heavy atom. The molecular weight excluding hydrogens is 356 g/mol. The molecule has 3 heterocycles. The second kappa shape index (κ2) is 6.62. The SMILES string of the molecule is Cc1cccc2cc(-c3cnc4ccc(N[C@H]5CC[C@H](O)CC5)nn34)sc12. The average molecular weight is 379 g/mol. The van der Waals surface area contributed by atoms with Gasteiger partial charge in [0.05, 0.1) is 17.2 Å². The minimum Gasteiger partial charge on any atom is -0.393 e. The molecule has 1 fully saturated rings. The fraction of sp³-hybridized carbons (Fsp3) is 0.333. The maximum Gasteiger partial charge on any atom is 0.154 e. The van der Waals surface area contributed by atoms with Crippen LogP contribution in [0.1, 0.15) is 31.2 Å². The van der Waals surface area contributed by atoms with Gasteiger partial charge in [0.25, 0.3) is 0 Å². The molecule has 0 unspecified atom stereocenters. The summed E-state index contributed by atoms with van der Waals surface area (Å²) in [6.07, 6.45) is 5.44. The topological polar surface area (TPSA) is 62.5 Å². The Balaban J connectivity index is 1.50. The predicted molar refractivity (Wildman–Crippen MR) is 110 cm³/mol. The van der Waals surface area contributed by atoms with Crippen LogP contribution in [0.15, 0.2) is 42.6 Å². The third-order valence-corrected chi connectivity index (χ3v) is 6.71. The molecule has 0 aliphatic heterocycles. The number of fused-ring (bicyclic) bond motifs is 2. The molecule has 1 aliphatic rings. The van der Waals surface area contributed by atoms with Crippen LogP contribution in [0.25, 0.3) is 26.3 Å². The average Bonchev–Trinajstić information content (AvgIpc) is 3.28. The Hall–Kier alpha value is -2.44. The predicted octanol–water partition coefficient (Wildman–Crippen LogP) is 4.63. The summed E-state index contributed by atoms with van der Waals surface area (Å²) in [5, 5.41) is 19.3. The van der Waals surface area contributed by atoms with E-state index in [1.54, 1.807) is 11.3 Å².